The number of halogens is 1. The SMILES string of the molecule is Cc1cc(C)cc(OCCCCCCCl)c1. The van der Waals surface area contributed by atoms with Crippen LogP contribution in [0.1, 0.15) is 36.8 Å². The van der Waals surface area contributed by atoms with E-state index < -0.39 is 0 Å². The number of hydrogen-bond donors (Lipinski definition) is 0. The van der Waals surface area contributed by atoms with Crippen molar-refractivity contribution in [2.24, 2.45) is 0 Å². The number of rotatable bonds is 7. The number of ether oxygens (including phenoxy) is 1. The molecule has 0 heterocycles. The van der Waals surface area contributed by atoms with Crippen molar-refractivity contribution < 1.29 is 4.74 Å². The predicted octanol–water partition coefficient (Wildman–Crippen LogP) is 4.48. The molecule has 0 amide bonds. The molecule has 0 radical (unpaired) electrons. The van der Waals surface area contributed by atoms with Crippen LogP contribution in [0.25, 0.3) is 0 Å². The lowest BCUT2D eigenvalue weighted by Crippen LogP contribution is -1.98. The van der Waals surface area contributed by atoms with Gasteiger partial charge in [-0.1, -0.05) is 18.9 Å². The van der Waals surface area contributed by atoms with Crippen molar-refractivity contribution in [3.8, 4) is 5.75 Å². The Hall–Kier alpha value is -0.690. The number of aryl methyl sites for hydroxylation is 2. The van der Waals surface area contributed by atoms with E-state index in [-0.39, 0.29) is 0 Å². The summed E-state index contributed by atoms with van der Waals surface area (Å²) in [7, 11) is 0. The van der Waals surface area contributed by atoms with Crippen LogP contribution in [0.3, 0.4) is 0 Å². The number of alkyl halides is 1. The van der Waals surface area contributed by atoms with Gasteiger partial charge in [0.2, 0.25) is 0 Å². The summed E-state index contributed by atoms with van der Waals surface area (Å²) in [5, 5.41) is 0. The second-order valence-electron chi connectivity index (χ2n) is 4.28. The number of hydrogen-bond acceptors (Lipinski definition) is 1. The van der Waals surface area contributed by atoms with Gasteiger partial charge in [0.25, 0.3) is 0 Å². The Kier molecular flexibility index (Phi) is 6.32. The smallest absolute Gasteiger partial charge is 0.119 e. The Balaban J connectivity index is 2.21. The standard InChI is InChI=1S/C14H21ClO/c1-12-9-13(2)11-14(10-12)16-8-6-4-3-5-7-15/h9-11H,3-8H2,1-2H3. The first-order chi connectivity index (χ1) is 7.72. The summed E-state index contributed by atoms with van der Waals surface area (Å²) in [5.74, 6) is 1.77. The molecule has 2 heteroatoms. The van der Waals surface area contributed by atoms with Crippen molar-refractivity contribution in [3.63, 3.8) is 0 Å². The van der Waals surface area contributed by atoms with E-state index in [0.717, 1.165) is 31.1 Å². The zero-order valence-electron chi connectivity index (χ0n) is 10.3. The average molecular weight is 241 g/mol. The normalized spacial score (nSPS) is 10.4. The van der Waals surface area contributed by atoms with E-state index in [0.29, 0.717) is 0 Å². The third-order valence-corrected chi connectivity index (χ3v) is 2.76. The summed E-state index contributed by atoms with van der Waals surface area (Å²) in [4.78, 5) is 0. The van der Waals surface area contributed by atoms with E-state index in [9.17, 15) is 0 Å². The van der Waals surface area contributed by atoms with Gasteiger partial charge in [-0.3, -0.25) is 0 Å². The molecule has 1 nitrogen and oxygen atoms in total. The molecule has 1 aromatic rings. The zero-order valence-corrected chi connectivity index (χ0v) is 11.0. The minimum absolute atomic E-state index is 0.776. The Morgan fingerprint density at radius 3 is 2.19 bits per heavy atom. The third kappa shape index (κ3) is 5.41. The predicted molar refractivity (Wildman–Crippen MR) is 70.6 cm³/mol. The minimum Gasteiger partial charge on any atom is -0.494 e. The van der Waals surface area contributed by atoms with E-state index >= 15 is 0 Å². The number of benzene rings is 1. The van der Waals surface area contributed by atoms with Crippen LogP contribution in [0.2, 0.25) is 0 Å². The molecule has 0 saturated carbocycles. The molecule has 0 aliphatic carbocycles. The molecule has 0 atom stereocenters. The summed E-state index contributed by atoms with van der Waals surface area (Å²) in [5.41, 5.74) is 2.52. The first-order valence-corrected chi connectivity index (χ1v) is 6.53. The van der Waals surface area contributed by atoms with Gasteiger partial charge < -0.3 is 4.74 Å². The third-order valence-electron chi connectivity index (χ3n) is 2.49. The van der Waals surface area contributed by atoms with Gasteiger partial charge in [-0.25, -0.2) is 0 Å². The molecule has 16 heavy (non-hydrogen) atoms. The van der Waals surface area contributed by atoms with Crippen LogP contribution >= 0.6 is 11.6 Å². The molecule has 0 aromatic heterocycles. The lowest BCUT2D eigenvalue weighted by Gasteiger charge is -2.07. The quantitative estimate of drug-likeness (QED) is 0.504. The van der Waals surface area contributed by atoms with Crippen LogP contribution in [-0.4, -0.2) is 12.5 Å². The van der Waals surface area contributed by atoms with E-state index in [1.54, 1.807) is 0 Å². The van der Waals surface area contributed by atoms with Gasteiger partial charge in [0.1, 0.15) is 5.75 Å². The first-order valence-electron chi connectivity index (χ1n) is 5.99. The van der Waals surface area contributed by atoms with E-state index in [4.69, 9.17) is 16.3 Å². The topological polar surface area (TPSA) is 9.23 Å². The van der Waals surface area contributed by atoms with Crippen molar-refractivity contribution in [1.82, 2.24) is 0 Å². The minimum atomic E-state index is 0.776. The Labute approximate surface area is 104 Å². The fraction of sp³-hybridized carbons (Fsp3) is 0.571. The van der Waals surface area contributed by atoms with Gasteiger partial charge in [-0.05, 0) is 49.9 Å². The van der Waals surface area contributed by atoms with Gasteiger partial charge in [-0.2, -0.15) is 0 Å². The van der Waals surface area contributed by atoms with Crippen molar-refractivity contribution in [3.05, 3.63) is 29.3 Å². The highest BCUT2D eigenvalue weighted by atomic mass is 35.5. The molecule has 1 rings (SSSR count). The van der Waals surface area contributed by atoms with Crippen LogP contribution in [-0.2, 0) is 0 Å². The second-order valence-corrected chi connectivity index (χ2v) is 4.65. The fourth-order valence-electron chi connectivity index (χ4n) is 1.76. The summed E-state index contributed by atoms with van der Waals surface area (Å²) in [6.45, 7) is 5.01. The molecule has 0 spiro atoms. The van der Waals surface area contributed by atoms with Crippen molar-refractivity contribution in [2.45, 2.75) is 39.5 Å². The molecule has 0 bridgehead atoms. The van der Waals surface area contributed by atoms with Crippen LogP contribution in [0.5, 0.6) is 5.75 Å². The van der Waals surface area contributed by atoms with Crippen LogP contribution in [0.15, 0.2) is 18.2 Å². The Bertz CT molecular complexity index is 289. The van der Waals surface area contributed by atoms with Gasteiger partial charge in [0.05, 0.1) is 6.61 Å². The fourth-order valence-corrected chi connectivity index (χ4v) is 1.95. The summed E-state index contributed by atoms with van der Waals surface area (Å²) in [6, 6.07) is 6.34. The molecule has 0 aliphatic rings. The maximum atomic E-state index is 5.71. The molecular formula is C14H21ClO. The number of unbranched alkanes of at least 4 members (excludes halogenated alkanes) is 3. The lowest BCUT2D eigenvalue weighted by atomic mass is 10.1. The molecule has 0 saturated heterocycles. The largest absolute Gasteiger partial charge is 0.494 e. The second kappa shape index (κ2) is 7.56. The average Bonchev–Trinajstić information content (AvgIpc) is 2.22. The molecule has 0 aliphatic heterocycles. The Morgan fingerprint density at radius 2 is 1.56 bits per heavy atom. The van der Waals surface area contributed by atoms with E-state index in [1.165, 1.54) is 24.0 Å². The highest BCUT2D eigenvalue weighted by molar-refractivity contribution is 6.17. The highest BCUT2D eigenvalue weighted by Crippen LogP contribution is 2.16. The summed E-state index contributed by atoms with van der Waals surface area (Å²) < 4.78 is 5.71. The van der Waals surface area contributed by atoms with Crippen molar-refractivity contribution in [2.75, 3.05) is 12.5 Å². The van der Waals surface area contributed by atoms with Crippen molar-refractivity contribution in [1.29, 1.82) is 0 Å². The first kappa shape index (κ1) is 13.4. The molecule has 0 unspecified atom stereocenters. The molecule has 1 aromatic carbocycles. The molecule has 90 valence electrons. The molecule has 0 fully saturated rings. The Morgan fingerprint density at radius 1 is 0.938 bits per heavy atom. The monoisotopic (exact) mass is 240 g/mol. The van der Waals surface area contributed by atoms with Gasteiger partial charge in [0, 0.05) is 5.88 Å². The zero-order chi connectivity index (χ0) is 11.8. The van der Waals surface area contributed by atoms with Gasteiger partial charge in [0.15, 0.2) is 0 Å². The van der Waals surface area contributed by atoms with E-state index in [2.05, 4.69) is 32.0 Å². The lowest BCUT2D eigenvalue weighted by molar-refractivity contribution is 0.305. The van der Waals surface area contributed by atoms with Crippen LogP contribution in [0.4, 0.5) is 0 Å². The molecule has 0 N–H and O–H groups in total. The van der Waals surface area contributed by atoms with Gasteiger partial charge >= 0.3 is 0 Å². The summed E-state index contributed by atoms with van der Waals surface area (Å²) >= 11 is 5.61. The maximum absolute atomic E-state index is 5.71. The maximum Gasteiger partial charge on any atom is 0.119 e. The van der Waals surface area contributed by atoms with Crippen LogP contribution < -0.4 is 4.74 Å². The molecular weight excluding hydrogens is 220 g/mol. The van der Waals surface area contributed by atoms with Gasteiger partial charge in [-0.15, -0.1) is 11.6 Å². The summed E-state index contributed by atoms with van der Waals surface area (Å²) in [6.07, 6.45) is 4.65. The van der Waals surface area contributed by atoms with E-state index in [1.807, 2.05) is 0 Å². The van der Waals surface area contributed by atoms with Crippen LogP contribution in [0, 0.1) is 13.8 Å². The highest BCUT2D eigenvalue weighted by Gasteiger charge is 1.96. The van der Waals surface area contributed by atoms with Crippen molar-refractivity contribution >= 4 is 11.6 Å².